The van der Waals surface area contributed by atoms with Crippen LogP contribution >= 0.6 is 0 Å². The first kappa shape index (κ1) is 8.43. The Morgan fingerprint density at radius 2 is 2.38 bits per heavy atom. The fourth-order valence-electron chi connectivity index (χ4n) is 1.45. The van der Waals surface area contributed by atoms with Crippen LogP contribution in [-0.2, 0) is 20.4 Å². The van der Waals surface area contributed by atoms with Crippen LogP contribution in [-0.4, -0.2) is 37.2 Å². The van der Waals surface area contributed by atoms with E-state index in [1.54, 1.807) is 0 Å². The molecule has 0 saturated carbocycles. The molecule has 1 fully saturated rings. The van der Waals surface area contributed by atoms with Gasteiger partial charge >= 0.3 is 5.97 Å². The summed E-state index contributed by atoms with van der Waals surface area (Å²) in [4.78, 5) is 22.8. The average Bonchev–Trinajstić information content (AvgIpc) is 2.05. The van der Waals surface area contributed by atoms with Crippen LogP contribution in [0, 0.1) is 0 Å². The van der Waals surface area contributed by atoms with Crippen LogP contribution in [0.3, 0.4) is 0 Å². The lowest BCUT2D eigenvalue weighted by Gasteiger charge is -2.41. The molecule has 0 aliphatic carbocycles. The highest BCUT2D eigenvalue weighted by molar-refractivity contribution is 7.86. The fourth-order valence-corrected chi connectivity index (χ4v) is 2.79. The summed E-state index contributed by atoms with van der Waals surface area (Å²) in [7, 11) is -1.12. The van der Waals surface area contributed by atoms with Gasteiger partial charge in [-0.05, 0) is 6.08 Å². The van der Waals surface area contributed by atoms with Gasteiger partial charge < -0.3 is 5.11 Å². The number of fused-ring (bicyclic) bond motifs is 1. The molecule has 0 aromatic carbocycles. The number of carbonyl (C=O) groups is 2. The molecular formula is C7H7NO4S. The Kier molecular flexibility index (Phi) is 1.73. The summed E-state index contributed by atoms with van der Waals surface area (Å²) in [5.41, 5.74) is -0.0270. The van der Waals surface area contributed by atoms with Crippen molar-refractivity contribution in [1.82, 2.24) is 4.90 Å². The molecule has 2 heterocycles. The van der Waals surface area contributed by atoms with Gasteiger partial charge in [0.05, 0.1) is 6.42 Å². The molecule has 6 heteroatoms. The Hall–Kier alpha value is -1.17. The third kappa shape index (κ3) is 1.09. The molecule has 0 aromatic heterocycles. The Labute approximate surface area is 76.5 Å². The van der Waals surface area contributed by atoms with Crippen LogP contribution in [0.15, 0.2) is 11.8 Å². The second-order valence-corrected chi connectivity index (χ2v) is 4.50. The van der Waals surface area contributed by atoms with Crippen LogP contribution in [0.25, 0.3) is 0 Å². The van der Waals surface area contributed by atoms with Gasteiger partial charge in [-0.25, -0.2) is 4.79 Å². The van der Waals surface area contributed by atoms with Gasteiger partial charge in [0.25, 0.3) is 0 Å². The largest absolute Gasteiger partial charge is 0.477 e. The molecule has 0 radical (unpaired) electrons. The van der Waals surface area contributed by atoms with Crippen molar-refractivity contribution in [3.05, 3.63) is 11.8 Å². The zero-order valence-electron chi connectivity index (χ0n) is 6.60. The minimum atomic E-state index is -1.13. The predicted octanol–water partition coefficient (Wildman–Crippen LogP) is -0.724. The minimum absolute atomic E-state index is 0.0270. The predicted molar refractivity (Wildman–Crippen MR) is 44.0 cm³/mol. The van der Waals surface area contributed by atoms with Crippen molar-refractivity contribution < 1.29 is 18.9 Å². The van der Waals surface area contributed by atoms with Gasteiger partial charge in [0.2, 0.25) is 5.91 Å². The van der Waals surface area contributed by atoms with Gasteiger partial charge in [-0.15, -0.1) is 0 Å². The average molecular weight is 201 g/mol. The molecule has 0 aromatic rings. The van der Waals surface area contributed by atoms with Crippen LogP contribution < -0.4 is 0 Å². The van der Waals surface area contributed by atoms with Gasteiger partial charge in [0.1, 0.15) is 11.1 Å². The zero-order valence-corrected chi connectivity index (χ0v) is 7.41. The summed E-state index contributed by atoms with van der Waals surface area (Å²) in [6.45, 7) is 0. The van der Waals surface area contributed by atoms with Gasteiger partial charge in [-0.1, -0.05) is 0 Å². The molecule has 1 amide bonds. The molecule has 1 saturated heterocycles. The van der Waals surface area contributed by atoms with Crippen LogP contribution in [0.4, 0.5) is 0 Å². The van der Waals surface area contributed by atoms with Crippen molar-refractivity contribution in [3.63, 3.8) is 0 Å². The molecule has 2 aliphatic rings. The van der Waals surface area contributed by atoms with Crippen molar-refractivity contribution >= 4 is 22.7 Å². The highest BCUT2D eigenvalue weighted by atomic mass is 32.2. The molecule has 2 aliphatic heterocycles. The van der Waals surface area contributed by atoms with Crippen molar-refractivity contribution in [2.75, 3.05) is 5.75 Å². The third-order valence-electron chi connectivity index (χ3n) is 2.13. The Bertz CT molecular complexity index is 348. The second-order valence-electron chi connectivity index (χ2n) is 2.86. The Morgan fingerprint density at radius 1 is 1.69 bits per heavy atom. The molecule has 2 rings (SSSR count). The summed E-state index contributed by atoms with van der Waals surface area (Å²) in [5, 5.41) is 8.30. The first-order chi connectivity index (χ1) is 6.11. The molecule has 0 spiro atoms. The normalized spacial score (nSPS) is 31.8. The molecule has 70 valence electrons. The van der Waals surface area contributed by atoms with Gasteiger partial charge in [0, 0.05) is 16.6 Å². The van der Waals surface area contributed by atoms with E-state index in [1.165, 1.54) is 6.08 Å². The van der Waals surface area contributed by atoms with E-state index in [9.17, 15) is 13.8 Å². The number of β-lactam (4-membered cyclic amide) rings is 1. The van der Waals surface area contributed by atoms with Crippen molar-refractivity contribution in [3.8, 4) is 0 Å². The van der Waals surface area contributed by atoms with E-state index < -0.39 is 22.1 Å². The number of nitrogens with zero attached hydrogens (tertiary/aromatic N) is 1. The summed E-state index contributed by atoms with van der Waals surface area (Å²) in [6, 6.07) is 0. The molecule has 2 atom stereocenters. The number of carboxylic acid groups (broad SMARTS) is 1. The Morgan fingerprint density at radius 3 is 2.92 bits per heavy atom. The van der Waals surface area contributed by atoms with Gasteiger partial charge in [0.15, 0.2) is 0 Å². The summed E-state index contributed by atoms with van der Waals surface area (Å²) in [5.74, 6) is -1.16. The topological polar surface area (TPSA) is 74.7 Å². The highest BCUT2D eigenvalue weighted by Crippen LogP contribution is 2.30. The maximum Gasteiger partial charge on any atom is 0.352 e. The van der Waals surface area contributed by atoms with Crippen molar-refractivity contribution in [1.29, 1.82) is 0 Å². The highest BCUT2D eigenvalue weighted by Gasteiger charge is 2.46. The molecular weight excluding hydrogens is 194 g/mol. The first-order valence-corrected chi connectivity index (χ1v) is 5.12. The minimum Gasteiger partial charge on any atom is -0.477 e. The lowest BCUT2D eigenvalue weighted by atomic mass is 10.1. The smallest absolute Gasteiger partial charge is 0.352 e. The second kappa shape index (κ2) is 2.66. The number of carboxylic acids is 1. The summed E-state index contributed by atoms with van der Waals surface area (Å²) in [6.07, 6.45) is 1.54. The van der Waals surface area contributed by atoms with E-state index >= 15 is 0 Å². The number of carbonyl (C=O) groups excluding carboxylic acids is 1. The van der Waals surface area contributed by atoms with E-state index in [0.717, 1.165) is 4.90 Å². The lowest BCUT2D eigenvalue weighted by Crippen LogP contribution is -2.57. The fraction of sp³-hybridized carbons (Fsp3) is 0.429. The van der Waals surface area contributed by atoms with Gasteiger partial charge in [-0.2, -0.15) is 0 Å². The molecule has 1 N–H and O–H groups in total. The number of aliphatic carboxylic acids is 1. The van der Waals surface area contributed by atoms with E-state index in [2.05, 4.69) is 0 Å². The number of rotatable bonds is 1. The third-order valence-corrected chi connectivity index (χ3v) is 3.61. The van der Waals surface area contributed by atoms with Gasteiger partial charge in [-0.3, -0.25) is 13.9 Å². The van der Waals surface area contributed by atoms with Crippen LogP contribution in [0.5, 0.6) is 0 Å². The van der Waals surface area contributed by atoms with Crippen molar-refractivity contribution in [2.45, 2.75) is 11.8 Å². The number of hydrogen-bond donors (Lipinski definition) is 1. The number of hydrogen-bond acceptors (Lipinski definition) is 3. The first-order valence-electron chi connectivity index (χ1n) is 3.74. The van der Waals surface area contributed by atoms with E-state index in [-0.39, 0.29) is 23.8 Å². The standard InChI is InChI=1S/C7H7NO4S/c9-5-3-6-8(5)4(7(10)11)1-2-13(6)12/h1,6H,2-3H2,(H,10,11). The zero-order chi connectivity index (χ0) is 9.59. The quantitative estimate of drug-likeness (QED) is 0.568. The van der Waals surface area contributed by atoms with E-state index in [0.29, 0.717) is 0 Å². The molecule has 0 bridgehead atoms. The Balaban J connectivity index is 2.34. The monoisotopic (exact) mass is 201 g/mol. The molecule has 5 nitrogen and oxygen atoms in total. The van der Waals surface area contributed by atoms with Crippen LogP contribution in [0.2, 0.25) is 0 Å². The molecule has 2 unspecified atom stereocenters. The lowest BCUT2D eigenvalue weighted by molar-refractivity contribution is -0.146. The van der Waals surface area contributed by atoms with Crippen LogP contribution in [0.1, 0.15) is 6.42 Å². The summed E-state index contributed by atoms with van der Waals surface area (Å²) >= 11 is 0. The maximum atomic E-state index is 11.2. The number of amides is 1. The SMILES string of the molecule is O=C(O)C1=CCS(=O)C2CC(=O)N12. The summed E-state index contributed by atoms with van der Waals surface area (Å²) < 4.78 is 11.2. The molecule has 13 heavy (non-hydrogen) atoms. The van der Waals surface area contributed by atoms with E-state index in [1.807, 2.05) is 0 Å². The van der Waals surface area contributed by atoms with Crippen molar-refractivity contribution in [2.24, 2.45) is 0 Å². The van der Waals surface area contributed by atoms with E-state index in [4.69, 9.17) is 5.11 Å². The maximum absolute atomic E-state index is 11.2.